The summed E-state index contributed by atoms with van der Waals surface area (Å²) in [6, 6.07) is 0. The van der Waals surface area contributed by atoms with E-state index in [9.17, 15) is 20.1 Å². The molecule has 9 nitrogen and oxygen atoms in total. The third kappa shape index (κ3) is 4.06. The van der Waals surface area contributed by atoms with Crippen molar-refractivity contribution in [3.8, 4) is 0 Å². The number of likely N-dealkylation sites (tertiary alicyclic amines) is 1. The molecule has 22 heavy (non-hydrogen) atoms. The predicted molar refractivity (Wildman–Crippen MR) is 71.9 cm³/mol. The van der Waals surface area contributed by atoms with Gasteiger partial charge < -0.3 is 39.5 Å². The zero-order chi connectivity index (χ0) is 16.1. The number of aliphatic hydroxyl groups excluding tert-OH is 4. The number of aliphatic hydroxyl groups is 4. The van der Waals surface area contributed by atoms with E-state index in [0.29, 0.717) is 13.1 Å². The number of carbonyl (C=O) groups is 1. The van der Waals surface area contributed by atoms with Crippen molar-refractivity contribution in [2.75, 3.05) is 32.9 Å². The molecule has 2 aliphatic rings. The molecule has 0 aromatic heterocycles. The summed E-state index contributed by atoms with van der Waals surface area (Å²) in [5.41, 5.74) is 0. The average molecular weight is 321 g/mol. The molecule has 0 bridgehead atoms. The van der Waals surface area contributed by atoms with Gasteiger partial charge in [-0.05, 0) is 12.8 Å². The maximum absolute atomic E-state index is 11.6. The quantitative estimate of drug-likeness (QED) is 0.429. The van der Waals surface area contributed by atoms with Crippen molar-refractivity contribution in [2.45, 2.75) is 43.5 Å². The van der Waals surface area contributed by atoms with Crippen molar-refractivity contribution in [3.05, 3.63) is 0 Å². The highest BCUT2D eigenvalue weighted by atomic mass is 16.7. The van der Waals surface area contributed by atoms with Crippen LogP contribution in [0.4, 0.5) is 4.79 Å². The first-order valence-electron chi connectivity index (χ1n) is 7.38. The number of rotatable bonds is 5. The van der Waals surface area contributed by atoms with E-state index in [1.165, 1.54) is 0 Å². The van der Waals surface area contributed by atoms with Crippen molar-refractivity contribution in [3.63, 3.8) is 0 Å². The lowest BCUT2D eigenvalue weighted by atomic mass is 9.99. The number of hydrogen-bond donors (Lipinski definition) is 4. The van der Waals surface area contributed by atoms with Gasteiger partial charge in [-0.25, -0.2) is 4.79 Å². The minimum absolute atomic E-state index is 0.0235. The summed E-state index contributed by atoms with van der Waals surface area (Å²) in [5.74, 6) is 0. The van der Waals surface area contributed by atoms with Crippen molar-refractivity contribution in [1.29, 1.82) is 0 Å². The van der Waals surface area contributed by atoms with E-state index in [2.05, 4.69) is 0 Å². The molecule has 0 spiro atoms. The SMILES string of the molecule is O=C(OCCOC1OC(CO)[C@@H](O)C(O)[C@H]1O)N1CCCC1. The number of hydrogen-bond acceptors (Lipinski definition) is 8. The highest BCUT2D eigenvalue weighted by Crippen LogP contribution is 2.21. The van der Waals surface area contributed by atoms with Crippen LogP contribution in [-0.4, -0.2) is 95.0 Å². The van der Waals surface area contributed by atoms with Gasteiger partial charge in [0.2, 0.25) is 0 Å². The zero-order valence-corrected chi connectivity index (χ0v) is 12.2. The van der Waals surface area contributed by atoms with E-state index in [1.807, 2.05) is 0 Å². The summed E-state index contributed by atoms with van der Waals surface area (Å²) in [4.78, 5) is 13.2. The van der Waals surface area contributed by atoms with Gasteiger partial charge in [0.25, 0.3) is 0 Å². The van der Waals surface area contributed by atoms with Gasteiger partial charge in [0.15, 0.2) is 6.29 Å². The normalized spacial score (nSPS) is 35.6. The van der Waals surface area contributed by atoms with Gasteiger partial charge in [0, 0.05) is 13.1 Å². The molecule has 0 aliphatic carbocycles. The molecule has 4 N–H and O–H groups in total. The lowest BCUT2D eigenvalue weighted by molar-refractivity contribution is -0.302. The van der Waals surface area contributed by atoms with Gasteiger partial charge in [-0.3, -0.25) is 0 Å². The summed E-state index contributed by atoms with van der Waals surface area (Å²) in [6.07, 6.45) is -5.05. The van der Waals surface area contributed by atoms with Crippen LogP contribution in [-0.2, 0) is 14.2 Å². The molecule has 1 amide bonds. The Bertz CT molecular complexity index is 360. The molecule has 2 rings (SSSR count). The van der Waals surface area contributed by atoms with Crippen molar-refractivity contribution < 1.29 is 39.4 Å². The fraction of sp³-hybridized carbons (Fsp3) is 0.923. The summed E-state index contributed by atoms with van der Waals surface area (Å²) >= 11 is 0. The first kappa shape index (κ1) is 17.4. The van der Waals surface area contributed by atoms with Gasteiger partial charge in [0.1, 0.15) is 31.0 Å². The third-order valence-corrected chi connectivity index (χ3v) is 3.80. The molecule has 2 heterocycles. The Morgan fingerprint density at radius 1 is 1.09 bits per heavy atom. The standard InChI is InChI=1S/C13H23NO8/c15-7-8-9(16)10(17)11(18)12(22-8)20-5-6-21-13(19)14-3-1-2-4-14/h8-12,15-18H,1-7H2/t8?,9-,10?,11-,12?/m1/s1. The molecule has 9 heteroatoms. The van der Waals surface area contributed by atoms with E-state index < -0.39 is 43.4 Å². The van der Waals surface area contributed by atoms with Crippen LogP contribution in [0.5, 0.6) is 0 Å². The minimum Gasteiger partial charge on any atom is -0.447 e. The Morgan fingerprint density at radius 2 is 1.77 bits per heavy atom. The topological polar surface area (TPSA) is 129 Å². The monoisotopic (exact) mass is 321 g/mol. The second-order valence-corrected chi connectivity index (χ2v) is 5.38. The number of ether oxygens (including phenoxy) is 3. The Labute approximate surface area is 128 Å². The number of nitrogens with zero attached hydrogens (tertiary/aromatic N) is 1. The van der Waals surface area contributed by atoms with Crippen LogP contribution in [0.1, 0.15) is 12.8 Å². The largest absolute Gasteiger partial charge is 0.447 e. The van der Waals surface area contributed by atoms with E-state index in [0.717, 1.165) is 12.8 Å². The zero-order valence-electron chi connectivity index (χ0n) is 12.2. The van der Waals surface area contributed by atoms with Gasteiger partial charge in [-0.2, -0.15) is 0 Å². The minimum atomic E-state index is -1.48. The fourth-order valence-corrected chi connectivity index (χ4v) is 2.49. The first-order valence-corrected chi connectivity index (χ1v) is 7.38. The summed E-state index contributed by atoms with van der Waals surface area (Å²) in [5, 5.41) is 38.0. The van der Waals surface area contributed by atoms with Gasteiger partial charge in [0.05, 0.1) is 13.2 Å². The molecular weight excluding hydrogens is 298 g/mol. The molecule has 2 fully saturated rings. The molecule has 0 aromatic carbocycles. The maximum Gasteiger partial charge on any atom is 0.409 e. The van der Waals surface area contributed by atoms with Gasteiger partial charge >= 0.3 is 6.09 Å². The van der Waals surface area contributed by atoms with E-state index >= 15 is 0 Å². The Balaban J connectivity index is 1.70. The van der Waals surface area contributed by atoms with E-state index in [1.54, 1.807) is 4.90 Å². The van der Waals surface area contributed by atoms with Gasteiger partial charge in [-0.15, -0.1) is 0 Å². The van der Waals surface area contributed by atoms with Crippen LogP contribution in [0.25, 0.3) is 0 Å². The lowest BCUT2D eigenvalue weighted by Crippen LogP contribution is -2.59. The second-order valence-electron chi connectivity index (χ2n) is 5.38. The summed E-state index contributed by atoms with van der Waals surface area (Å²) < 4.78 is 15.4. The second kappa shape index (κ2) is 8.04. The van der Waals surface area contributed by atoms with Crippen LogP contribution in [0.3, 0.4) is 0 Å². The molecular formula is C13H23NO8. The maximum atomic E-state index is 11.6. The summed E-state index contributed by atoms with van der Waals surface area (Å²) in [7, 11) is 0. The van der Waals surface area contributed by atoms with Crippen molar-refractivity contribution in [1.82, 2.24) is 4.90 Å². The average Bonchev–Trinajstić information content (AvgIpc) is 3.05. The highest BCUT2D eigenvalue weighted by molar-refractivity contribution is 5.67. The Kier molecular flexibility index (Phi) is 6.36. The van der Waals surface area contributed by atoms with Crippen LogP contribution >= 0.6 is 0 Å². The van der Waals surface area contributed by atoms with Crippen LogP contribution in [0.15, 0.2) is 0 Å². The number of carbonyl (C=O) groups excluding carboxylic acids is 1. The third-order valence-electron chi connectivity index (χ3n) is 3.80. The predicted octanol–water partition coefficient (Wildman–Crippen LogP) is -1.96. The Hall–Kier alpha value is -0.970. The molecule has 3 unspecified atom stereocenters. The molecule has 0 aromatic rings. The molecule has 0 saturated carbocycles. The van der Waals surface area contributed by atoms with Crippen molar-refractivity contribution in [2.24, 2.45) is 0 Å². The lowest BCUT2D eigenvalue weighted by Gasteiger charge is -2.39. The Morgan fingerprint density at radius 3 is 2.41 bits per heavy atom. The molecule has 5 atom stereocenters. The molecule has 2 aliphatic heterocycles. The van der Waals surface area contributed by atoms with E-state index in [4.69, 9.17) is 19.3 Å². The van der Waals surface area contributed by atoms with Crippen LogP contribution in [0.2, 0.25) is 0 Å². The van der Waals surface area contributed by atoms with Crippen molar-refractivity contribution >= 4 is 6.09 Å². The van der Waals surface area contributed by atoms with Crippen LogP contribution < -0.4 is 0 Å². The fourth-order valence-electron chi connectivity index (χ4n) is 2.49. The number of amides is 1. The first-order chi connectivity index (χ1) is 10.5. The van der Waals surface area contributed by atoms with Gasteiger partial charge in [-0.1, -0.05) is 0 Å². The smallest absolute Gasteiger partial charge is 0.409 e. The molecule has 128 valence electrons. The summed E-state index contributed by atoms with van der Waals surface area (Å²) in [6.45, 7) is 0.792. The molecule has 2 saturated heterocycles. The van der Waals surface area contributed by atoms with Crippen LogP contribution in [0, 0.1) is 0 Å². The van der Waals surface area contributed by atoms with E-state index in [-0.39, 0.29) is 13.2 Å². The highest BCUT2D eigenvalue weighted by Gasteiger charge is 2.43. The molecule has 0 radical (unpaired) electrons.